The summed E-state index contributed by atoms with van der Waals surface area (Å²) >= 11 is 0. The molecule has 0 saturated carbocycles. The summed E-state index contributed by atoms with van der Waals surface area (Å²) in [7, 11) is 0. The minimum Gasteiger partial charge on any atom is -0.394 e. The van der Waals surface area contributed by atoms with Gasteiger partial charge in [0.15, 0.2) is 5.78 Å². The van der Waals surface area contributed by atoms with Crippen LogP contribution in [-0.2, 0) is 9.53 Å². The van der Waals surface area contributed by atoms with E-state index in [0.29, 0.717) is 0 Å². The molecule has 0 bridgehead atoms. The number of ketones is 1. The van der Waals surface area contributed by atoms with E-state index in [2.05, 4.69) is 0 Å². The van der Waals surface area contributed by atoms with Crippen LogP contribution in [0, 0.1) is 0 Å². The van der Waals surface area contributed by atoms with Gasteiger partial charge in [-0.3, -0.25) is 4.79 Å². The Kier molecular flexibility index (Phi) is 6.59. The topological polar surface area (TPSA) is 188 Å². The first-order valence-electron chi connectivity index (χ1n) is 6.25. The Balaban J connectivity index is 2.73. The molecule has 8 N–H and O–H groups in total. The van der Waals surface area contributed by atoms with E-state index < -0.39 is 67.8 Å². The first-order valence-corrected chi connectivity index (χ1v) is 6.25. The Labute approximate surface area is 119 Å². The van der Waals surface area contributed by atoms with Crippen LogP contribution in [0.25, 0.3) is 0 Å². The Morgan fingerprint density at radius 3 is 2.14 bits per heavy atom. The molecule has 21 heavy (non-hydrogen) atoms. The van der Waals surface area contributed by atoms with Crippen molar-refractivity contribution in [2.75, 3.05) is 13.2 Å². The van der Waals surface area contributed by atoms with Crippen molar-refractivity contribution in [2.45, 2.75) is 48.8 Å². The van der Waals surface area contributed by atoms with Crippen LogP contribution in [0.2, 0.25) is 0 Å². The van der Waals surface area contributed by atoms with Gasteiger partial charge in [0.05, 0.1) is 13.2 Å². The molecule has 0 aliphatic carbocycles. The summed E-state index contributed by atoms with van der Waals surface area (Å²) in [4.78, 5) is 11.9. The van der Waals surface area contributed by atoms with E-state index in [0.717, 1.165) is 0 Å². The largest absolute Gasteiger partial charge is 0.394 e. The summed E-state index contributed by atoms with van der Waals surface area (Å²) in [6, 6.07) is 0. The van der Waals surface area contributed by atoms with Crippen molar-refractivity contribution in [3.8, 4) is 0 Å². The fourth-order valence-corrected chi connectivity index (χ4v) is 1.92. The van der Waals surface area contributed by atoms with E-state index in [4.69, 9.17) is 14.9 Å². The molecule has 10 heteroatoms. The first kappa shape index (κ1) is 18.4. The zero-order chi connectivity index (χ0) is 16.3. The van der Waals surface area contributed by atoms with E-state index in [1.165, 1.54) is 0 Å². The molecule has 0 aromatic carbocycles. The lowest BCUT2D eigenvalue weighted by Crippen LogP contribution is -2.59. The maximum Gasteiger partial charge on any atom is 0.195 e. The van der Waals surface area contributed by atoms with Gasteiger partial charge in [-0.15, -0.1) is 0 Å². The van der Waals surface area contributed by atoms with Crippen molar-refractivity contribution in [2.24, 2.45) is 0 Å². The van der Waals surface area contributed by atoms with E-state index in [-0.39, 0.29) is 0 Å². The molecule has 8 atom stereocenters. The van der Waals surface area contributed by atoms with Gasteiger partial charge in [-0.05, 0) is 0 Å². The lowest BCUT2D eigenvalue weighted by molar-refractivity contribution is -0.200. The van der Waals surface area contributed by atoms with Crippen LogP contribution in [0.15, 0.2) is 0 Å². The molecule has 0 amide bonds. The fourth-order valence-electron chi connectivity index (χ4n) is 1.92. The van der Waals surface area contributed by atoms with Crippen molar-refractivity contribution in [3.63, 3.8) is 0 Å². The number of ether oxygens (including phenoxy) is 1. The number of rotatable bonds is 6. The zero-order valence-electron chi connectivity index (χ0n) is 10.9. The third-order valence-electron chi connectivity index (χ3n) is 3.33. The second-order valence-electron chi connectivity index (χ2n) is 4.88. The fraction of sp³-hybridized carbons (Fsp3) is 0.909. The Morgan fingerprint density at radius 2 is 1.62 bits per heavy atom. The van der Waals surface area contributed by atoms with Gasteiger partial charge in [0.25, 0.3) is 0 Å². The third kappa shape index (κ3) is 3.94. The highest BCUT2D eigenvalue weighted by molar-refractivity contribution is 5.88. The Morgan fingerprint density at radius 1 is 1.05 bits per heavy atom. The molecule has 0 aromatic heterocycles. The van der Waals surface area contributed by atoms with E-state index in [1.54, 1.807) is 0 Å². The second kappa shape index (κ2) is 7.54. The monoisotopic (exact) mass is 312 g/mol. The molecule has 1 heterocycles. The molecular formula is C11H20O10. The number of hydrogen-bond acceptors (Lipinski definition) is 10. The van der Waals surface area contributed by atoms with Crippen LogP contribution in [0.3, 0.4) is 0 Å². The molecule has 0 aromatic rings. The normalized spacial score (nSPS) is 35.8. The van der Waals surface area contributed by atoms with Crippen LogP contribution < -0.4 is 0 Å². The molecule has 1 saturated heterocycles. The van der Waals surface area contributed by atoms with Gasteiger partial charge in [-0.2, -0.15) is 0 Å². The Bertz CT molecular complexity index is 350. The SMILES string of the molecule is O=C(C1OC[C@@H](O)[C@H](O)[C@H]1O)[C@H](O)[C@@H](O)[C@@H](O)[C@H](O)CO. The number of carbonyl (C=O) groups excluding carboxylic acids is 1. The lowest BCUT2D eigenvalue weighted by atomic mass is 9.91. The lowest BCUT2D eigenvalue weighted by Gasteiger charge is -2.36. The van der Waals surface area contributed by atoms with Crippen LogP contribution in [0.5, 0.6) is 0 Å². The summed E-state index contributed by atoms with van der Waals surface area (Å²) in [6.45, 7) is -1.38. The smallest absolute Gasteiger partial charge is 0.195 e. The maximum atomic E-state index is 11.9. The van der Waals surface area contributed by atoms with E-state index >= 15 is 0 Å². The van der Waals surface area contributed by atoms with Crippen molar-refractivity contribution < 1.29 is 50.4 Å². The number of aliphatic hydroxyl groups is 8. The highest BCUT2D eigenvalue weighted by atomic mass is 16.5. The van der Waals surface area contributed by atoms with Gasteiger partial charge >= 0.3 is 0 Å². The zero-order valence-corrected chi connectivity index (χ0v) is 10.9. The molecule has 124 valence electrons. The van der Waals surface area contributed by atoms with Gasteiger partial charge < -0.3 is 45.6 Å². The molecule has 1 aliphatic rings. The summed E-state index contributed by atoms with van der Waals surface area (Å²) in [5.41, 5.74) is 0. The van der Waals surface area contributed by atoms with Crippen LogP contribution in [0.4, 0.5) is 0 Å². The summed E-state index contributed by atoms with van der Waals surface area (Å²) in [5, 5.41) is 74.6. The summed E-state index contributed by atoms with van der Waals surface area (Å²) in [5.74, 6) is -1.25. The molecule has 10 nitrogen and oxygen atoms in total. The predicted octanol–water partition coefficient (Wildman–Crippen LogP) is -5.53. The summed E-state index contributed by atoms with van der Waals surface area (Å²) < 4.78 is 4.80. The molecule has 1 aliphatic heterocycles. The van der Waals surface area contributed by atoms with Crippen molar-refractivity contribution >= 4 is 5.78 Å². The third-order valence-corrected chi connectivity index (χ3v) is 3.33. The molecule has 0 radical (unpaired) electrons. The number of aliphatic hydroxyl groups excluding tert-OH is 8. The number of Topliss-reactive ketones (excluding diaryl/α,β-unsaturated/α-hetero) is 1. The van der Waals surface area contributed by atoms with Gasteiger partial charge in [0.1, 0.15) is 48.8 Å². The van der Waals surface area contributed by atoms with Gasteiger partial charge in [0, 0.05) is 0 Å². The van der Waals surface area contributed by atoms with Gasteiger partial charge in [-0.1, -0.05) is 0 Å². The second-order valence-corrected chi connectivity index (χ2v) is 4.88. The van der Waals surface area contributed by atoms with Crippen LogP contribution in [0.1, 0.15) is 0 Å². The van der Waals surface area contributed by atoms with Crippen molar-refractivity contribution in [1.82, 2.24) is 0 Å². The average molecular weight is 312 g/mol. The average Bonchev–Trinajstić information content (AvgIpc) is 2.49. The molecule has 0 spiro atoms. The maximum absolute atomic E-state index is 11.9. The Hall–Kier alpha value is -0.690. The first-order chi connectivity index (χ1) is 9.72. The minimum atomic E-state index is -2.23. The molecule has 1 rings (SSSR count). The number of carbonyl (C=O) groups is 1. The van der Waals surface area contributed by atoms with Crippen LogP contribution in [-0.4, -0.2) is 109 Å². The minimum absolute atomic E-state index is 0.473. The molecule has 1 unspecified atom stereocenters. The predicted molar refractivity (Wildman–Crippen MR) is 63.9 cm³/mol. The summed E-state index contributed by atoms with van der Waals surface area (Å²) in [6.07, 6.45) is -14.8. The standard InChI is InChI=1S/C11H20O10/c12-1-3(13)5(15)7(17)8(18)10(20)11-9(19)6(16)4(14)2-21-11/h3-9,11-19H,1-2H2/t3-,4-,5+,6+,7+,8-,9-,11?/m1/s1. The van der Waals surface area contributed by atoms with Crippen molar-refractivity contribution in [1.29, 1.82) is 0 Å². The van der Waals surface area contributed by atoms with E-state index in [1.807, 2.05) is 0 Å². The van der Waals surface area contributed by atoms with Gasteiger partial charge in [0.2, 0.25) is 0 Å². The van der Waals surface area contributed by atoms with E-state index in [9.17, 15) is 35.4 Å². The highest BCUT2D eigenvalue weighted by Crippen LogP contribution is 2.19. The molecular weight excluding hydrogens is 292 g/mol. The quantitative estimate of drug-likeness (QED) is 0.235. The molecule has 1 fully saturated rings. The highest BCUT2D eigenvalue weighted by Gasteiger charge is 2.45. The van der Waals surface area contributed by atoms with Crippen molar-refractivity contribution in [3.05, 3.63) is 0 Å². The van der Waals surface area contributed by atoms with Gasteiger partial charge in [-0.25, -0.2) is 0 Å². The number of hydrogen-bond donors (Lipinski definition) is 8. The van der Waals surface area contributed by atoms with Crippen LogP contribution >= 0.6 is 0 Å².